The Balaban J connectivity index is 1.36. The van der Waals surface area contributed by atoms with Gasteiger partial charge in [0, 0.05) is 30.8 Å². The molecule has 0 atom stereocenters. The lowest BCUT2D eigenvalue weighted by Crippen LogP contribution is -2.38. The summed E-state index contributed by atoms with van der Waals surface area (Å²) in [6.45, 7) is 5.49. The monoisotopic (exact) mass is 420 g/mol. The van der Waals surface area contributed by atoms with E-state index in [0.29, 0.717) is 37.5 Å². The predicted octanol–water partition coefficient (Wildman–Crippen LogP) is 4.88. The van der Waals surface area contributed by atoms with Crippen molar-refractivity contribution in [3.63, 3.8) is 0 Å². The number of ether oxygens (including phenoxy) is 1. The molecule has 0 unspecified atom stereocenters. The van der Waals surface area contributed by atoms with Gasteiger partial charge in [0.25, 0.3) is 0 Å². The number of rotatable bonds is 5. The summed E-state index contributed by atoms with van der Waals surface area (Å²) < 4.78 is 19.0. The van der Waals surface area contributed by atoms with Crippen LogP contribution in [0.1, 0.15) is 24.0 Å². The fraction of sp³-hybridized carbons (Fsp3) is 0.292. The average molecular weight is 420 g/mol. The number of nitrogens with one attached hydrogen (secondary N) is 1. The second-order valence-electron chi connectivity index (χ2n) is 7.77. The lowest BCUT2D eigenvalue weighted by atomic mass is 9.96. The Labute approximate surface area is 181 Å². The molecule has 3 aromatic rings. The number of aromatic nitrogens is 2. The molecule has 1 fully saturated rings. The highest BCUT2D eigenvalue weighted by molar-refractivity contribution is 5.92. The number of anilines is 2. The maximum Gasteiger partial charge on any atom is 0.227 e. The normalized spacial score (nSPS) is 14.4. The van der Waals surface area contributed by atoms with E-state index in [4.69, 9.17) is 4.74 Å². The molecule has 1 aliphatic rings. The number of amides is 1. The minimum atomic E-state index is -0.322. The van der Waals surface area contributed by atoms with Crippen molar-refractivity contribution in [2.75, 3.05) is 23.3 Å². The second kappa shape index (κ2) is 9.12. The minimum Gasteiger partial charge on any atom is -0.439 e. The second-order valence-corrected chi connectivity index (χ2v) is 7.77. The highest BCUT2D eigenvalue weighted by atomic mass is 19.1. The zero-order valence-electron chi connectivity index (χ0n) is 17.6. The zero-order valence-corrected chi connectivity index (χ0v) is 17.6. The molecule has 0 saturated carbocycles. The van der Waals surface area contributed by atoms with Crippen LogP contribution in [0.3, 0.4) is 0 Å². The molecule has 2 heterocycles. The van der Waals surface area contributed by atoms with Gasteiger partial charge in [0.05, 0.1) is 0 Å². The fourth-order valence-electron chi connectivity index (χ4n) is 3.65. The number of hydrogen-bond donors (Lipinski definition) is 1. The molecule has 7 heteroatoms. The largest absolute Gasteiger partial charge is 0.439 e. The minimum absolute atomic E-state index is 0.0344. The molecule has 6 nitrogen and oxygen atoms in total. The first-order valence-corrected chi connectivity index (χ1v) is 10.4. The van der Waals surface area contributed by atoms with Crippen molar-refractivity contribution in [3.05, 3.63) is 71.8 Å². The Kier molecular flexibility index (Phi) is 6.11. The molecule has 31 heavy (non-hydrogen) atoms. The molecular formula is C24H25FN4O2. The molecule has 1 amide bonds. The van der Waals surface area contributed by atoms with Crippen molar-refractivity contribution in [1.82, 2.24) is 9.97 Å². The van der Waals surface area contributed by atoms with Gasteiger partial charge in [-0.15, -0.1) is 0 Å². The first kappa shape index (κ1) is 20.8. The number of halogens is 1. The van der Waals surface area contributed by atoms with E-state index in [-0.39, 0.29) is 17.6 Å². The van der Waals surface area contributed by atoms with E-state index in [1.54, 1.807) is 12.1 Å². The first-order chi connectivity index (χ1) is 15.0. The van der Waals surface area contributed by atoms with Crippen LogP contribution in [0.15, 0.2) is 54.9 Å². The smallest absolute Gasteiger partial charge is 0.227 e. The Bertz CT molecular complexity index is 1060. The van der Waals surface area contributed by atoms with E-state index in [1.807, 2.05) is 38.1 Å². The van der Waals surface area contributed by atoms with Crippen LogP contribution in [-0.2, 0) is 4.79 Å². The first-order valence-electron chi connectivity index (χ1n) is 10.4. The summed E-state index contributed by atoms with van der Waals surface area (Å²) in [5, 5.41) is 2.87. The van der Waals surface area contributed by atoms with Crippen LogP contribution in [-0.4, -0.2) is 29.0 Å². The van der Waals surface area contributed by atoms with Gasteiger partial charge in [-0.3, -0.25) is 4.79 Å². The summed E-state index contributed by atoms with van der Waals surface area (Å²) >= 11 is 0. The summed E-state index contributed by atoms with van der Waals surface area (Å²) in [6, 6.07) is 13.6. The molecule has 0 radical (unpaired) electrons. The molecule has 1 aromatic heterocycles. The van der Waals surface area contributed by atoms with Gasteiger partial charge < -0.3 is 15.0 Å². The molecule has 2 aromatic carbocycles. The van der Waals surface area contributed by atoms with Gasteiger partial charge in [0.15, 0.2) is 0 Å². The van der Waals surface area contributed by atoms with Crippen LogP contribution in [0.4, 0.5) is 15.9 Å². The van der Waals surface area contributed by atoms with Crippen molar-refractivity contribution in [2.45, 2.75) is 26.7 Å². The van der Waals surface area contributed by atoms with Gasteiger partial charge in [-0.2, -0.15) is 0 Å². The molecule has 160 valence electrons. The van der Waals surface area contributed by atoms with Crippen LogP contribution >= 0.6 is 0 Å². The number of piperidine rings is 1. The van der Waals surface area contributed by atoms with Crippen molar-refractivity contribution >= 4 is 17.4 Å². The zero-order chi connectivity index (χ0) is 21.8. The van der Waals surface area contributed by atoms with E-state index in [1.165, 1.54) is 18.5 Å². The predicted molar refractivity (Wildman–Crippen MR) is 118 cm³/mol. The molecule has 1 aliphatic heterocycles. The maximum absolute atomic E-state index is 13.0. The van der Waals surface area contributed by atoms with Crippen LogP contribution in [0.25, 0.3) is 0 Å². The summed E-state index contributed by atoms with van der Waals surface area (Å²) in [4.78, 5) is 23.3. The van der Waals surface area contributed by atoms with Crippen LogP contribution in [0.5, 0.6) is 11.6 Å². The molecule has 1 saturated heterocycles. The van der Waals surface area contributed by atoms with E-state index < -0.39 is 0 Å². The molecule has 0 spiro atoms. The van der Waals surface area contributed by atoms with Gasteiger partial charge in [0.1, 0.15) is 23.7 Å². The molecule has 0 bridgehead atoms. The van der Waals surface area contributed by atoms with Gasteiger partial charge in [-0.05, 0) is 68.1 Å². The summed E-state index contributed by atoms with van der Waals surface area (Å²) in [5.74, 6) is 1.61. The Morgan fingerprint density at radius 1 is 1.10 bits per heavy atom. The van der Waals surface area contributed by atoms with Crippen molar-refractivity contribution in [1.29, 1.82) is 0 Å². The Morgan fingerprint density at radius 3 is 2.58 bits per heavy atom. The Hall–Kier alpha value is -3.48. The number of hydrogen-bond acceptors (Lipinski definition) is 5. The molecule has 0 aliphatic carbocycles. The average Bonchev–Trinajstić information content (AvgIpc) is 2.79. The quantitative estimate of drug-likeness (QED) is 0.637. The summed E-state index contributed by atoms with van der Waals surface area (Å²) in [5.41, 5.74) is 2.85. The number of benzene rings is 2. The summed E-state index contributed by atoms with van der Waals surface area (Å²) in [6.07, 6.45) is 2.93. The fourth-order valence-corrected chi connectivity index (χ4v) is 3.65. The number of aryl methyl sites for hydroxylation is 1. The molecule has 1 N–H and O–H groups in total. The third kappa shape index (κ3) is 4.99. The number of nitrogens with zero attached hydrogens (tertiary/aromatic N) is 3. The van der Waals surface area contributed by atoms with Gasteiger partial charge in [0.2, 0.25) is 11.8 Å². The third-order valence-electron chi connectivity index (χ3n) is 5.70. The van der Waals surface area contributed by atoms with E-state index >= 15 is 0 Å². The molecular weight excluding hydrogens is 395 g/mol. The van der Waals surface area contributed by atoms with Crippen LogP contribution < -0.4 is 15.0 Å². The maximum atomic E-state index is 13.0. The number of carbonyl (C=O) groups excluding carboxylic acids is 1. The Morgan fingerprint density at radius 2 is 1.84 bits per heavy atom. The number of carbonyl (C=O) groups is 1. The highest BCUT2D eigenvalue weighted by Gasteiger charge is 2.26. The van der Waals surface area contributed by atoms with E-state index in [9.17, 15) is 9.18 Å². The van der Waals surface area contributed by atoms with Crippen molar-refractivity contribution < 1.29 is 13.9 Å². The van der Waals surface area contributed by atoms with Gasteiger partial charge >= 0.3 is 0 Å². The van der Waals surface area contributed by atoms with Gasteiger partial charge in [-0.1, -0.05) is 12.1 Å². The lowest BCUT2D eigenvalue weighted by Gasteiger charge is -2.32. The van der Waals surface area contributed by atoms with E-state index in [2.05, 4.69) is 20.2 Å². The van der Waals surface area contributed by atoms with Crippen LogP contribution in [0.2, 0.25) is 0 Å². The lowest BCUT2D eigenvalue weighted by molar-refractivity contribution is -0.120. The SMILES string of the molecule is Cc1cccc(Oc2cc(N3CCC(C(=O)Nc4ccc(F)cc4)CC3)ncn2)c1C. The standard InChI is InChI=1S/C24H25FN4O2/c1-16-4-3-5-21(17(16)2)31-23-14-22(26-15-27-23)29-12-10-18(11-13-29)24(30)28-20-8-6-19(25)7-9-20/h3-9,14-15,18H,10-13H2,1-2H3,(H,28,30). The van der Waals surface area contributed by atoms with Crippen LogP contribution in [0, 0.1) is 25.6 Å². The van der Waals surface area contributed by atoms with Crippen molar-refractivity contribution in [2.24, 2.45) is 5.92 Å². The van der Waals surface area contributed by atoms with Gasteiger partial charge in [-0.25, -0.2) is 14.4 Å². The molecule has 4 rings (SSSR count). The third-order valence-corrected chi connectivity index (χ3v) is 5.70. The summed E-state index contributed by atoms with van der Waals surface area (Å²) in [7, 11) is 0. The topological polar surface area (TPSA) is 67.3 Å². The van der Waals surface area contributed by atoms with E-state index in [0.717, 1.165) is 22.7 Å². The highest BCUT2D eigenvalue weighted by Crippen LogP contribution is 2.29. The van der Waals surface area contributed by atoms with Crippen molar-refractivity contribution in [3.8, 4) is 11.6 Å².